The summed E-state index contributed by atoms with van der Waals surface area (Å²) >= 11 is 0. The highest BCUT2D eigenvalue weighted by molar-refractivity contribution is 5.79. The number of carbonyl (C=O) groups excluding carboxylic acids is 1. The lowest BCUT2D eigenvalue weighted by molar-refractivity contribution is -0.132. The van der Waals surface area contributed by atoms with Crippen LogP contribution in [0.25, 0.3) is 0 Å². The molecule has 2 heterocycles. The summed E-state index contributed by atoms with van der Waals surface area (Å²) in [7, 11) is 1.95. The molecule has 1 atom stereocenters. The predicted octanol–water partition coefficient (Wildman–Crippen LogP) is 2.69. The van der Waals surface area contributed by atoms with E-state index in [2.05, 4.69) is 45.4 Å². The fourth-order valence-electron chi connectivity index (χ4n) is 3.65. The topological polar surface area (TPSA) is 52.2 Å². The van der Waals surface area contributed by atoms with Crippen LogP contribution in [0.1, 0.15) is 35.4 Å². The molecule has 0 bridgehead atoms. The first-order chi connectivity index (χ1) is 12.0. The second-order valence-corrected chi connectivity index (χ2v) is 7.11. The molecule has 5 nitrogen and oxygen atoms in total. The van der Waals surface area contributed by atoms with Gasteiger partial charge in [0, 0.05) is 37.4 Å². The molecule has 0 spiro atoms. The van der Waals surface area contributed by atoms with Crippen LogP contribution in [0.15, 0.2) is 30.3 Å². The summed E-state index contributed by atoms with van der Waals surface area (Å²) in [5.74, 6) is 0.180. The molecule has 1 aliphatic heterocycles. The Balaban J connectivity index is 1.59. The summed E-state index contributed by atoms with van der Waals surface area (Å²) in [5.41, 5.74) is 4.29. The van der Waals surface area contributed by atoms with E-state index in [1.807, 2.05) is 25.8 Å². The number of rotatable bonds is 5. The normalized spacial score (nSPS) is 18.3. The Morgan fingerprint density at radius 3 is 2.76 bits per heavy atom. The van der Waals surface area contributed by atoms with Crippen LogP contribution in [0, 0.1) is 13.8 Å². The van der Waals surface area contributed by atoms with Gasteiger partial charge in [0.1, 0.15) is 0 Å². The van der Waals surface area contributed by atoms with Crippen molar-refractivity contribution < 1.29 is 4.79 Å². The molecular weight excluding hydrogens is 312 g/mol. The third-order valence-corrected chi connectivity index (χ3v) is 5.28. The number of likely N-dealkylation sites (tertiary alicyclic amines) is 1. The van der Waals surface area contributed by atoms with Crippen LogP contribution in [0.5, 0.6) is 0 Å². The van der Waals surface area contributed by atoms with Crippen LogP contribution in [-0.4, -0.2) is 52.1 Å². The van der Waals surface area contributed by atoms with Crippen molar-refractivity contribution in [1.29, 1.82) is 0 Å². The molecule has 0 radical (unpaired) electrons. The Kier molecular flexibility index (Phi) is 5.53. The number of hydrogen-bond acceptors (Lipinski definition) is 3. The number of aryl methyl sites for hydroxylation is 2. The minimum atomic E-state index is 0.180. The lowest BCUT2D eigenvalue weighted by atomic mass is 10.0. The van der Waals surface area contributed by atoms with E-state index >= 15 is 0 Å². The third-order valence-electron chi connectivity index (χ3n) is 5.28. The van der Waals surface area contributed by atoms with Gasteiger partial charge in [0.05, 0.1) is 12.1 Å². The Morgan fingerprint density at radius 2 is 2.08 bits per heavy atom. The van der Waals surface area contributed by atoms with Crippen molar-refractivity contribution in [3.8, 4) is 0 Å². The molecule has 0 aliphatic carbocycles. The van der Waals surface area contributed by atoms with E-state index in [9.17, 15) is 4.79 Å². The van der Waals surface area contributed by atoms with E-state index in [1.54, 1.807) is 0 Å². The maximum atomic E-state index is 12.7. The van der Waals surface area contributed by atoms with Crippen molar-refractivity contribution in [2.75, 3.05) is 20.1 Å². The smallest absolute Gasteiger partial charge is 0.227 e. The maximum absolute atomic E-state index is 12.7. The zero-order chi connectivity index (χ0) is 17.8. The SMILES string of the molecule is Cc1n[nH]c(C)c1CC(=O)N(C)C1CCCN(Cc2ccccc2)C1. The maximum Gasteiger partial charge on any atom is 0.227 e. The van der Waals surface area contributed by atoms with Gasteiger partial charge >= 0.3 is 0 Å². The molecule has 3 rings (SSSR count). The van der Waals surface area contributed by atoms with Crippen molar-refractivity contribution >= 4 is 5.91 Å². The van der Waals surface area contributed by atoms with Crippen molar-refractivity contribution in [3.63, 3.8) is 0 Å². The Morgan fingerprint density at radius 1 is 1.32 bits per heavy atom. The number of benzene rings is 1. The number of H-pyrrole nitrogens is 1. The first-order valence-corrected chi connectivity index (χ1v) is 9.07. The van der Waals surface area contributed by atoms with E-state index in [1.165, 1.54) is 5.56 Å². The average Bonchev–Trinajstić information content (AvgIpc) is 2.94. The molecule has 1 aliphatic rings. The molecule has 134 valence electrons. The van der Waals surface area contributed by atoms with Gasteiger partial charge in [-0.25, -0.2) is 0 Å². The number of nitrogens with one attached hydrogen (secondary N) is 1. The van der Waals surface area contributed by atoms with Gasteiger partial charge < -0.3 is 4.90 Å². The average molecular weight is 340 g/mol. The van der Waals surface area contributed by atoms with Gasteiger partial charge in [0.2, 0.25) is 5.91 Å². The van der Waals surface area contributed by atoms with Gasteiger partial charge in [-0.15, -0.1) is 0 Å². The van der Waals surface area contributed by atoms with Crippen molar-refractivity contribution in [2.24, 2.45) is 0 Å². The number of hydrogen-bond donors (Lipinski definition) is 1. The van der Waals surface area contributed by atoms with Gasteiger partial charge in [-0.3, -0.25) is 14.8 Å². The summed E-state index contributed by atoms with van der Waals surface area (Å²) in [6, 6.07) is 10.8. The van der Waals surface area contributed by atoms with Gasteiger partial charge in [0.25, 0.3) is 0 Å². The molecule has 1 amide bonds. The number of aromatic amines is 1. The molecule has 5 heteroatoms. The van der Waals surface area contributed by atoms with Crippen LogP contribution in [-0.2, 0) is 17.8 Å². The highest BCUT2D eigenvalue weighted by atomic mass is 16.2. The zero-order valence-corrected chi connectivity index (χ0v) is 15.5. The zero-order valence-electron chi connectivity index (χ0n) is 15.5. The van der Waals surface area contributed by atoms with E-state index in [-0.39, 0.29) is 11.9 Å². The fraction of sp³-hybridized carbons (Fsp3) is 0.500. The minimum absolute atomic E-state index is 0.180. The third kappa shape index (κ3) is 4.28. The molecule has 1 N–H and O–H groups in total. The number of nitrogens with zero attached hydrogens (tertiary/aromatic N) is 3. The molecule has 1 saturated heterocycles. The Hall–Kier alpha value is -2.14. The van der Waals surface area contributed by atoms with Crippen LogP contribution < -0.4 is 0 Å². The minimum Gasteiger partial charge on any atom is -0.341 e. The standard InChI is InChI=1S/C20H28N4O/c1-15-19(16(2)22-21-15)12-20(25)23(3)18-10-7-11-24(14-18)13-17-8-5-4-6-9-17/h4-6,8-9,18H,7,10-14H2,1-3H3,(H,21,22). The largest absolute Gasteiger partial charge is 0.341 e. The predicted molar refractivity (Wildman–Crippen MR) is 99.3 cm³/mol. The van der Waals surface area contributed by atoms with E-state index < -0.39 is 0 Å². The van der Waals surface area contributed by atoms with E-state index in [0.29, 0.717) is 6.42 Å². The Labute approximate surface area is 150 Å². The van der Waals surface area contributed by atoms with Crippen LogP contribution in [0.3, 0.4) is 0 Å². The van der Waals surface area contributed by atoms with Crippen molar-refractivity contribution in [2.45, 2.75) is 45.7 Å². The summed E-state index contributed by atoms with van der Waals surface area (Å²) < 4.78 is 0. The molecular formula is C20H28N4O. The number of piperidine rings is 1. The fourth-order valence-corrected chi connectivity index (χ4v) is 3.65. The molecule has 0 saturated carbocycles. The molecule has 1 fully saturated rings. The molecule has 2 aromatic rings. The number of carbonyl (C=O) groups is 1. The molecule has 1 unspecified atom stereocenters. The van der Waals surface area contributed by atoms with Crippen LogP contribution in [0.4, 0.5) is 0 Å². The number of amides is 1. The number of likely N-dealkylation sites (N-methyl/N-ethyl adjacent to an activating group) is 1. The van der Waals surface area contributed by atoms with Crippen molar-refractivity contribution in [3.05, 3.63) is 52.8 Å². The molecule has 1 aromatic heterocycles. The Bertz CT molecular complexity index is 690. The highest BCUT2D eigenvalue weighted by Crippen LogP contribution is 2.19. The van der Waals surface area contributed by atoms with Crippen LogP contribution in [0.2, 0.25) is 0 Å². The second kappa shape index (κ2) is 7.83. The van der Waals surface area contributed by atoms with Gasteiger partial charge in [-0.05, 0) is 38.8 Å². The summed E-state index contributed by atoms with van der Waals surface area (Å²) in [5, 5.41) is 7.16. The summed E-state index contributed by atoms with van der Waals surface area (Å²) in [6.45, 7) is 6.94. The number of aromatic nitrogens is 2. The lowest BCUT2D eigenvalue weighted by Crippen LogP contribution is -2.48. The quantitative estimate of drug-likeness (QED) is 0.910. The van der Waals surface area contributed by atoms with Gasteiger partial charge in [-0.1, -0.05) is 30.3 Å². The van der Waals surface area contributed by atoms with Gasteiger partial charge in [0.15, 0.2) is 0 Å². The van der Waals surface area contributed by atoms with Crippen LogP contribution >= 0.6 is 0 Å². The lowest BCUT2D eigenvalue weighted by Gasteiger charge is -2.37. The highest BCUT2D eigenvalue weighted by Gasteiger charge is 2.26. The van der Waals surface area contributed by atoms with Crippen molar-refractivity contribution in [1.82, 2.24) is 20.0 Å². The first kappa shape index (κ1) is 17.7. The summed E-state index contributed by atoms with van der Waals surface area (Å²) in [4.78, 5) is 17.2. The molecule has 25 heavy (non-hydrogen) atoms. The van der Waals surface area contributed by atoms with E-state index in [4.69, 9.17) is 0 Å². The van der Waals surface area contributed by atoms with Gasteiger partial charge in [-0.2, -0.15) is 5.10 Å². The molecule has 1 aromatic carbocycles. The monoisotopic (exact) mass is 340 g/mol. The van der Waals surface area contributed by atoms with E-state index in [0.717, 1.165) is 49.4 Å². The first-order valence-electron chi connectivity index (χ1n) is 9.07. The summed E-state index contributed by atoms with van der Waals surface area (Å²) in [6.07, 6.45) is 2.65. The second-order valence-electron chi connectivity index (χ2n) is 7.11.